The quantitative estimate of drug-likeness (QED) is 0.726. The summed E-state index contributed by atoms with van der Waals surface area (Å²) < 4.78 is 10.6. The molecule has 2 aromatic carbocycles. The summed E-state index contributed by atoms with van der Waals surface area (Å²) in [7, 11) is 3.22. The standard InChI is InChI=1S/C16H16N4O2/c1-21-14-9-5-6-11(15(14)22-2)10-17-20-16-18-12-7-3-4-8-13(12)19-16/h3-9H,10H2,1-2H3,(H,18,19). The van der Waals surface area contributed by atoms with Crippen LogP contribution in [0.4, 0.5) is 5.95 Å². The number of rotatable bonds is 5. The molecule has 0 aliphatic rings. The second-order valence-electron chi connectivity index (χ2n) is 4.63. The number of benzene rings is 2. The molecule has 0 aliphatic carbocycles. The SMILES string of the molecule is COc1cccc(CN=Nc2nc3ccccc3[nH]2)c1OC. The highest BCUT2D eigenvalue weighted by molar-refractivity contribution is 5.76. The third-order valence-corrected chi connectivity index (χ3v) is 3.27. The average molecular weight is 296 g/mol. The summed E-state index contributed by atoms with van der Waals surface area (Å²) in [5.74, 6) is 1.84. The van der Waals surface area contributed by atoms with E-state index in [1.807, 2.05) is 42.5 Å². The van der Waals surface area contributed by atoms with Gasteiger partial charge in [0.25, 0.3) is 0 Å². The Morgan fingerprint density at radius 3 is 2.68 bits per heavy atom. The maximum Gasteiger partial charge on any atom is 0.247 e. The maximum absolute atomic E-state index is 5.37. The van der Waals surface area contributed by atoms with Gasteiger partial charge in [-0.1, -0.05) is 24.3 Å². The number of hydrogen-bond acceptors (Lipinski definition) is 5. The van der Waals surface area contributed by atoms with E-state index >= 15 is 0 Å². The smallest absolute Gasteiger partial charge is 0.247 e. The molecule has 0 spiro atoms. The lowest BCUT2D eigenvalue weighted by atomic mass is 10.2. The van der Waals surface area contributed by atoms with E-state index in [0.717, 1.165) is 16.6 Å². The van der Waals surface area contributed by atoms with Crippen molar-refractivity contribution in [3.8, 4) is 11.5 Å². The number of hydrogen-bond donors (Lipinski definition) is 1. The van der Waals surface area contributed by atoms with E-state index in [-0.39, 0.29) is 0 Å². The molecule has 0 amide bonds. The summed E-state index contributed by atoms with van der Waals surface area (Å²) in [5, 5.41) is 8.32. The highest BCUT2D eigenvalue weighted by Gasteiger charge is 2.08. The zero-order valence-electron chi connectivity index (χ0n) is 12.4. The Labute approximate surface area is 127 Å². The van der Waals surface area contributed by atoms with Crippen molar-refractivity contribution in [2.75, 3.05) is 14.2 Å². The molecule has 0 saturated carbocycles. The van der Waals surface area contributed by atoms with Crippen molar-refractivity contribution in [3.05, 3.63) is 48.0 Å². The summed E-state index contributed by atoms with van der Waals surface area (Å²) in [5.41, 5.74) is 2.72. The zero-order valence-corrected chi connectivity index (χ0v) is 12.4. The molecule has 6 heteroatoms. The van der Waals surface area contributed by atoms with Crippen LogP contribution in [-0.4, -0.2) is 24.2 Å². The molecule has 6 nitrogen and oxygen atoms in total. The minimum Gasteiger partial charge on any atom is -0.493 e. The van der Waals surface area contributed by atoms with Crippen LogP contribution in [0.25, 0.3) is 11.0 Å². The van der Waals surface area contributed by atoms with E-state index in [1.165, 1.54) is 0 Å². The van der Waals surface area contributed by atoms with E-state index in [9.17, 15) is 0 Å². The van der Waals surface area contributed by atoms with E-state index in [4.69, 9.17) is 9.47 Å². The van der Waals surface area contributed by atoms with E-state index < -0.39 is 0 Å². The lowest BCUT2D eigenvalue weighted by Crippen LogP contribution is -1.94. The Kier molecular flexibility index (Phi) is 4.00. The number of imidazole rings is 1. The molecule has 1 heterocycles. The van der Waals surface area contributed by atoms with Gasteiger partial charge in [-0.25, -0.2) is 4.98 Å². The first-order chi connectivity index (χ1) is 10.8. The van der Waals surface area contributed by atoms with Crippen molar-refractivity contribution in [3.63, 3.8) is 0 Å². The number of nitrogens with zero attached hydrogens (tertiary/aromatic N) is 3. The molecule has 1 aromatic heterocycles. The monoisotopic (exact) mass is 296 g/mol. The number of para-hydroxylation sites is 3. The predicted molar refractivity (Wildman–Crippen MR) is 83.9 cm³/mol. The number of H-pyrrole nitrogens is 1. The van der Waals surface area contributed by atoms with Gasteiger partial charge in [0.05, 0.1) is 31.8 Å². The molecule has 1 N–H and O–H groups in total. The third kappa shape index (κ3) is 2.76. The van der Waals surface area contributed by atoms with Crippen LogP contribution in [0.2, 0.25) is 0 Å². The molecule has 0 fully saturated rings. The number of methoxy groups -OCH3 is 2. The molecule has 22 heavy (non-hydrogen) atoms. The molecule has 0 radical (unpaired) electrons. The van der Waals surface area contributed by atoms with E-state index in [2.05, 4.69) is 20.2 Å². The molecule has 0 bridgehead atoms. The predicted octanol–water partition coefficient (Wildman–Crippen LogP) is 3.86. The van der Waals surface area contributed by atoms with E-state index in [0.29, 0.717) is 24.0 Å². The fraction of sp³-hybridized carbons (Fsp3) is 0.188. The topological polar surface area (TPSA) is 71.9 Å². The fourth-order valence-corrected chi connectivity index (χ4v) is 2.24. The second-order valence-corrected chi connectivity index (χ2v) is 4.63. The van der Waals surface area contributed by atoms with E-state index in [1.54, 1.807) is 14.2 Å². The Bertz CT molecular complexity index is 778. The van der Waals surface area contributed by atoms with Gasteiger partial charge in [-0.2, -0.15) is 5.11 Å². The zero-order chi connectivity index (χ0) is 15.4. The molecular formula is C16H16N4O2. The van der Waals surface area contributed by atoms with Gasteiger partial charge in [-0.05, 0) is 18.2 Å². The summed E-state index contributed by atoms with van der Waals surface area (Å²) >= 11 is 0. The number of aromatic amines is 1. The van der Waals surface area contributed by atoms with Crippen molar-refractivity contribution < 1.29 is 9.47 Å². The molecule has 0 unspecified atom stereocenters. The Hall–Kier alpha value is -2.89. The Morgan fingerprint density at radius 1 is 1.05 bits per heavy atom. The van der Waals surface area contributed by atoms with Crippen molar-refractivity contribution in [2.45, 2.75) is 6.54 Å². The minimum atomic E-state index is 0.386. The highest BCUT2D eigenvalue weighted by atomic mass is 16.5. The lowest BCUT2D eigenvalue weighted by molar-refractivity contribution is 0.351. The number of azo groups is 1. The fourth-order valence-electron chi connectivity index (χ4n) is 2.24. The number of fused-ring (bicyclic) bond motifs is 1. The first-order valence-corrected chi connectivity index (χ1v) is 6.84. The summed E-state index contributed by atoms with van der Waals surface area (Å²) in [6.45, 7) is 0.386. The van der Waals surface area contributed by atoms with Gasteiger partial charge < -0.3 is 14.5 Å². The first-order valence-electron chi connectivity index (χ1n) is 6.84. The van der Waals surface area contributed by atoms with Crippen LogP contribution in [0.3, 0.4) is 0 Å². The molecule has 112 valence electrons. The van der Waals surface area contributed by atoms with Crippen LogP contribution >= 0.6 is 0 Å². The van der Waals surface area contributed by atoms with Crippen molar-refractivity contribution >= 4 is 17.0 Å². The highest BCUT2D eigenvalue weighted by Crippen LogP contribution is 2.31. The Morgan fingerprint density at radius 2 is 1.91 bits per heavy atom. The molecule has 3 rings (SSSR count). The van der Waals surface area contributed by atoms with Crippen LogP contribution in [0.15, 0.2) is 52.7 Å². The van der Waals surface area contributed by atoms with Gasteiger partial charge in [0.15, 0.2) is 11.5 Å². The molecular weight excluding hydrogens is 280 g/mol. The third-order valence-electron chi connectivity index (χ3n) is 3.27. The van der Waals surface area contributed by atoms with Crippen LogP contribution in [0.5, 0.6) is 11.5 Å². The van der Waals surface area contributed by atoms with Gasteiger partial charge in [0.2, 0.25) is 5.95 Å². The maximum atomic E-state index is 5.37. The summed E-state index contributed by atoms with van der Waals surface area (Å²) in [6.07, 6.45) is 0. The minimum absolute atomic E-state index is 0.386. The molecule has 0 aliphatic heterocycles. The molecule has 0 atom stereocenters. The number of nitrogens with one attached hydrogen (secondary N) is 1. The number of aromatic nitrogens is 2. The van der Waals surface area contributed by atoms with Crippen LogP contribution < -0.4 is 9.47 Å². The summed E-state index contributed by atoms with van der Waals surface area (Å²) in [6, 6.07) is 13.4. The summed E-state index contributed by atoms with van der Waals surface area (Å²) in [4.78, 5) is 7.45. The largest absolute Gasteiger partial charge is 0.493 e. The van der Waals surface area contributed by atoms with Crippen molar-refractivity contribution in [2.24, 2.45) is 10.2 Å². The van der Waals surface area contributed by atoms with Gasteiger partial charge in [0.1, 0.15) is 0 Å². The molecule has 0 saturated heterocycles. The van der Waals surface area contributed by atoms with Crippen molar-refractivity contribution in [1.29, 1.82) is 0 Å². The first kappa shape index (κ1) is 14.1. The normalized spacial score (nSPS) is 11.2. The second kappa shape index (κ2) is 6.26. The van der Waals surface area contributed by atoms with Crippen LogP contribution in [0, 0.1) is 0 Å². The van der Waals surface area contributed by atoms with Crippen molar-refractivity contribution in [1.82, 2.24) is 9.97 Å². The van der Waals surface area contributed by atoms with Gasteiger partial charge >= 0.3 is 0 Å². The lowest BCUT2D eigenvalue weighted by Gasteiger charge is -2.10. The van der Waals surface area contributed by atoms with Gasteiger partial charge in [-0.15, -0.1) is 5.11 Å². The van der Waals surface area contributed by atoms with Crippen LogP contribution in [-0.2, 0) is 6.54 Å². The van der Waals surface area contributed by atoms with Crippen LogP contribution in [0.1, 0.15) is 5.56 Å². The Balaban J connectivity index is 1.79. The van der Waals surface area contributed by atoms with Gasteiger partial charge in [0, 0.05) is 5.56 Å². The van der Waals surface area contributed by atoms with Gasteiger partial charge in [-0.3, -0.25) is 0 Å². The molecule has 3 aromatic rings. The number of ether oxygens (including phenoxy) is 2. The average Bonchev–Trinajstić information content (AvgIpc) is 2.97.